The van der Waals surface area contributed by atoms with E-state index in [1.54, 1.807) is 14.2 Å². The lowest BCUT2D eigenvalue weighted by atomic mass is 9.92. The number of nitrogens with one attached hydrogen (secondary N) is 1. The molecule has 3 rings (SSSR count). The molecule has 1 spiro atoms. The molecule has 1 aliphatic heterocycles. The molecule has 1 atom stereocenters. The topological polar surface area (TPSA) is 50.8 Å². The lowest BCUT2D eigenvalue weighted by Gasteiger charge is -2.32. The second-order valence-electron chi connectivity index (χ2n) is 6.93. The van der Waals surface area contributed by atoms with Crippen LogP contribution >= 0.6 is 0 Å². The van der Waals surface area contributed by atoms with Gasteiger partial charge in [-0.05, 0) is 56.7 Å². The smallest absolute Gasteiger partial charge is 0.244 e. The number of likely N-dealkylation sites (N-methyl/N-ethyl adjacent to an activating group) is 1. The molecule has 1 saturated heterocycles. The summed E-state index contributed by atoms with van der Waals surface area (Å²) in [6.07, 6.45) is 5.07. The fourth-order valence-corrected chi connectivity index (χ4v) is 4.15. The monoisotopic (exact) mass is 318 g/mol. The van der Waals surface area contributed by atoms with Crippen molar-refractivity contribution in [3.05, 3.63) is 23.8 Å². The minimum atomic E-state index is -0.571. The van der Waals surface area contributed by atoms with Crippen molar-refractivity contribution in [1.82, 2.24) is 10.2 Å². The summed E-state index contributed by atoms with van der Waals surface area (Å²) in [6, 6.07) is 5.85. The van der Waals surface area contributed by atoms with Crippen molar-refractivity contribution in [2.24, 2.45) is 0 Å². The van der Waals surface area contributed by atoms with E-state index in [4.69, 9.17) is 9.47 Å². The summed E-state index contributed by atoms with van der Waals surface area (Å²) in [5.41, 5.74) is 0.343. The average Bonchev–Trinajstić information content (AvgIpc) is 3.08. The molecule has 5 heteroatoms. The van der Waals surface area contributed by atoms with E-state index in [0.717, 1.165) is 18.4 Å². The summed E-state index contributed by atoms with van der Waals surface area (Å²) in [7, 11) is 5.18. The SMILES string of the molecule is COc1ccc(C[C@]2(C)NC3(CCCC3)N(C)C2=O)cc1OC. The van der Waals surface area contributed by atoms with Gasteiger partial charge >= 0.3 is 0 Å². The third-order valence-corrected chi connectivity index (χ3v) is 5.36. The molecule has 5 nitrogen and oxygen atoms in total. The Hall–Kier alpha value is -1.75. The molecule has 0 bridgehead atoms. The van der Waals surface area contributed by atoms with Gasteiger partial charge in [0.25, 0.3) is 0 Å². The van der Waals surface area contributed by atoms with E-state index < -0.39 is 5.54 Å². The predicted molar refractivity (Wildman–Crippen MR) is 88.8 cm³/mol. The molecule has 2 aliphatic rings. The van der Waals surface area contributed by atoms with Crippen LogP contribution in [0.2, 0.25) is 0 Å². The summed E-state index contributed by atoms with van der Waals surface area (Å²) < 4.78 is 10.7. The van der Waals surface area contributed by atoms with Crippen LogP contribution in [-0.4, -0.2) is 43.3 Å². The zero-order valence-electron chi connectivity index (χ0n) is 14.4. The number of ether oxygens (including phenoxy) is 2. The number of methoxy groups -OCH3 is 2. The first kappa shape index (κ1) is 16.1. The highest BCUT2D eigenvalue weighted by atomic mass is 16.5. The molecule has 23 heavy (non-hydrogen) atoms. The average molecular weight is 318 g/mol. The van der Waals surface area contributed by atoms with Gasteiger partial charge in [-0.1, -0.05) is 6.07 Å². The summed E-state index contributed by atoms with van der Waals surface area (Å²) in [6.45, 7) is 2.01. The second kappa shape index (κ2) is 5.71. The van der Waals surface area contributed by atoms with Crippen LogP contribution in [0, 0.1) is 0 Å². The normalized spacial score (nSPS) is 26.1. The molecule has 126 valence electrons. The maximum absolute atomic E-state index is 12.9. The van der Waals surface area contributed by atoms with E-state index in [1.807, 2.05) is 37.1 Å². The number of hydrogen-bond acceptors (Lipinski definition) is 4. The Bertz CT molecular complexity index is 610. The first-order valence-corrected chi connectivity index (χ1v) is 8.23. The molecular formula is C18H26N2O3. The van der Waals surface area contributed by atoms with Crippen LogP contribution < -0.4 is 14.8 Å². The maximum atomic E-state index is 12.9. The number of benzene rings is 1. The van der Waals surface area contributed by atoms with Crippen molar-refractivity contribution >= 4 is 5.91 Å². The molecule has 1 saturated carbocycles. The fourth-order valence-electron chi connectivity index (χ4n) is 4.15. The molecule has 1 amide bonds. The Morgan fingerprint density at radius 2 is 1.83 bits per heavy atom. The molecule has 1 aromatic rings. The van der Waals surface area contributed by atoms with Crippen molar-refractivity contribution in [3.63, 3.8) is 0 Å². The predicted octanol–water partition coefficient (Wildman–Crippen LogP) is 2.34. The van der Waals surface area contributed by atoms with Gasteiger partial charge in [-0.15, -0.1) is 0 Å². The largest absolute Gasteiger partial charge is 0.493 e. The van der Waals surface area contributed by atoms with Crippen LogP contribution in [0.5, 0.6) is 11.5 Å². The second-order valence-corrected chi connectivity index (χ2v) is 6.93. The number of rotatable bonds is 4. The molecule has 1 N–H and O–H groups in total. The fraction of sp³-hybridized carbons (Fsp3) is 0.611. The van der Waals surface area contributed by atoms with Gasteiger partial charge in [-0.3, -0.25) is 10.1 Å². The summed E-state index contributed by atoms with van der Waals surface area (Å²) in [5, 5.41) is 3.66. The van der Waals surface area contributed by atoms with Gasteiger partial charge in [-0.2, -0.15) is 0 Å². The van der Waals surface area contributed by atoms with Crippen molar-refractivity contribution < 1.29 is 14.3 Å². The molecule has 0 aromatic heterocycles. The van der Waals surface area contributed by atoms with Crippen LogP contribution in [0.25, 0.3) is 0 Å². The highest BCUT2D eigenvalue weighted by Gasteiger charge is 2.55. The molecule has 2 fully saturated rings. The van der Waals surface area contributed by atoms with Gasteiger partial charge in [0.1, 0.15) is 5.54 Å². The Morgan fingerprint density at radius 3 is 2.43 bits per heavy atom. The zero-order valence-corrected chi connectivity index (χ0v) is 14.4. The Balaban J connectivity index is 1.86. The van der Waals surface area contributed by atoms with Crippen LogP contribution in [0.3, 0.4) is 0 Å². The van der Waals surface area contributed by atoms with Crippen molar-refractivity contribution in [2.45, 2.75) is 50.2 Å². The molecule has 1 aliphatic carbocycles. The number of hydrogen-bond donors (Lipinski definition) is 1. The van der Waals surface area contributed by atoms with Gasteiger partial charge < -0.3 is 14.4 Å². The van der Waals surface area contributed by atoms with Crippen LogP contribution in [0.15, 0.2) is 18.2 Å². The number of carbonyl (C=O) groups is 1. The Labute approximate surface area is 137 Å². The van der Waals surface area contributed by atoms with Crippen molar-refractivity contribution in [1.29, 1.82) is 0 Å². The third kappa shape index (κ3) is 2.57. The Kier molecular flexibility index (Phi) is 4.00. The molecule has 0 unspecified atom stereocenters. The van der Waals surface area contributed by atoms with Gasteiger partial charge in [0.2, 0.25) is 5.91 Å². The molecular weight excluding hydrogens is 292 g/mol. The highest BCUT2D eigenvalue weighted by Crippen LogP contribution is 2.41. The van der Waals surface area contributed by atoms with Gasteiger partial charge in [-0.25, -0.2) is 0 Å². The summed E-state index contributed by atoms with van der Waals surface area (Å²) in [4.78, 5) is 14.8. The minimum absolute atomic E-state index is 0.150. The van der Waals surface area contributed by atoms with Crippen molar-refractivity contribution in [2.75, 3.05) is 21.3 Å². The number of carbonyl (C=O) groups excluding carboxylic acids is 1. The van der Waals surface area contributed by atoms with E-state index in [-0.39, 0.29) is 11.6 Å². The third-order valence-electron chi connectivity index (χ3n) is 5.36. The van der Waals surface area contributed by atoms with Crippen molar-refractivity contribution in [3.8, 4) is 11.5 Å². The zero-order chi connectivity index (χ0) is 16.7. The molecule has 0 radical (unpaired) electrons. The van der Waals surface area contributed by atoms with E-state index in [1.165, 1.54) is 12.8 Å². The summed E-state index contributed by atoms with van der Waals surface area (Å²) in [5.74, 6) is 1.58. The van der Waals surface area contributed by atoms with Crippen LogP contribution in [-0.2, 0) is 11.2 Å². The summed E-state index contributed by atoms with van der Waals surface area (Å²) >= 11 is 0. The quantitative estimate of drug-likeness (QED) is 0.926. The lowest BCUT2D eigenvalue weighted by Crippen LogP contribution is -2.52. The van der Waals surface area contributed by atoms with E-state index in [9.17, 15) is 4.79 Å². The van der Waals surface area contributed by atoms with Gasteiger partial charge in [0.15, 0.2) is 11.5 Å². The first-order chi connectivity index (χ1) is 10.9. The number of nitrogens with zero attached hydrogens (tertiary/aromatic N) is 1. The molecule has 1 heterocycles. The van der Waals surface area contributed by atoms with E-state index in [2.05, 4.69) is 5.32 Å². The molecule has 1 aromatic carbocycles. The minimum Gasteiger partial charge on any atom is -0.493 e. The number of amides is 1. The van der Waals surface area contributed by atoms with Crippen LogP contribution in [0.1, 0.15) is 38.2 Å². The van der Waals surface area contributed by atoms with Gasteiger partial charge in [0, 0.05) is 7.05 Å². The van der Waals surface area contributed by atoms with Crippen LogP contribution in [0.4, 0.5) is 0 Å². The lowest BCUT2D eigenvalue weighted by molar-refractivity contribution is -0.133. The Morgan fingerprint density at radius 1 is 1.17 bits per heavy atom. The standard InChI is InChI=1S/C18H26N2O3/c1-17(12-13-7-8-14(22-3)15(11-13)23-4)16(21)20(2)18(19-17)9-5-6-10-18/h7-8,11,19H,5-6,9-10,12H2,1-4H3/t17-/m0/s1. The van der Waals surface area contributed by atoms with Gasteiger partial charge in [0.05, 0.1) is 19.9 Å². The first-order valence-electron chi connectivity index (χ1n) is 8.23. The highest BCUT2D eigenvalue weighted by molar-refractivity contribution is 5.89. The van der Waals surface area contributed by atoms with E-state index in [0.29, 0.717) is 17.9 Å². The maximum Gasteiger partial charge on any atom is 0.244 e. The van der Waals surface area contributed by atoms with E-state index >= 15 is 0 Å².